The molecule has 1 aliphatic heterocycles. The minimum absolute atomic E-state index is 0.0106. The Balaban J connectivity index is 1.87. The fourth-order valence-corrected chi connectivity index (χ4v) is 2.61. The molecule has 1 fully saturated rings. The number of hydrogen-bond acceptors (Lipinski definition) is 3. The van der Waals surface area contributed by atoms with E-state index in [0.717, 1.165) is 42.7 Å². The van der Waals surface area contributed by atoms with Gasteiger partial charge in [0.1, 0.15) is 0 Å². The van der Waals surface area contributed by atoms with E-state index in [2.05, 4.69) is 40.0 Å². The number of nitrogens with zero attached hydrogens (tertiary/aromatic N) is 2. The lowest BCUT2D eigenvalue weighted by Gasteiger charge is -2.32. The summed E-state index contributed by atoms with van der Waals surface area (Å²) in [6.45, 7) is 8.45. The van der Waals surface area contributed by atoms with Crippen LogP contribution in [0.3, 0.4) is 0 Å². The van der Waals surface area contributed by atoms with Crippen LogP contribution >= 0.6 is 15.9 Å². The average Bonchev–Trinajstić information content (AvgIpc) is 2.76. The Kier molecular flexibility index (Phi) is 5.21. The molecular weight excluding hydrogens is 322 g/mol. The lowest BCUT2D eigenvalue weighted by Crippen LogP contribution is -2.41. The predicted octanol–water partition coefficient (Wildman–Crippen LogP) is 2.76. The van der Waals surface area contributed by atoms with Gasteiger partial charge in [0.25, 0.3) is 5.91 Å². The molecule has 1 amide bonds. The van der Waals surface area contributed by atoms with Crippen molar-refractivity contribution in [3.05, 3.63) is 15.9 Å². The highest BCUT2D eigenvalue weighted by atomic mass is 79.9. The van der Waals surface area contributed by atoms with Crippen molar-refractivity contribution in [2.24, 2.45) is 5.92 Å². The van der Waals surface area contributed by atoms with Crippen molar-refractivity contribution in [2.75, 3.05) is 19.7 Å². The Morgan fingerprint density at radius 3 is 2.65 bits per heavy atom. The number of amides is 1. The van der Waals surface area contributed by atoms with Crippen molar-refractivity contribution in [3.63, 3.8) is 0 Å². The molecule has 0 aromatic carbocycles. The van der Waals surface area contributed by atoms with E-state index in [1.165, 1.54) is 0 Å². The van der Waals surface area contributed by atoms with Crippen molar-refractivity contribution in [3.8, 4) is 0 Å². The second-order valence-corrected chi connectivity index (χ2v) is 6.52. The molecule has 6 heteroatoms. The number of aryl methyl sites for hydroxylation is 1. The molecule has 1 saturated heterocycles. The summed E-state index contributed by atoms with van der Waals surface area (Å²) in [6.07, 6.45) is 2.09. The zero-order valence-electron chi connectivity index (χ0n) is 12.3. The van der Waals surface area contributed by atoms with Gasteiger partial charge in [0.15, 0.2) is 5.69 Å². The number of H-pyrrole nitrogens is 1. The van der Waals surface area contributed by atoms with Crippen LogP contribution in [0.15, 0.2) is 4.47 Å². The molecule has 1 aromatic rings. The summed E-state index contributed by atoms with van der Waals surface area (Å²) >= 11 is 3.40. The summed E-state index contributed by atoms with van der Waals surface area (Å²) in [5.41, 5.74) is 1.35. The molecule has 1 N–H and O–H groups in total. The summed E-state index contributed by atoms with van der Waals surface area (Å²) < 4.78 is 6.60. The monoisotopic (exact) mass is 343 g/mol. The standard InChI is InChI=1S/C14H22BrN3O2/c1-9(2)8-20-11-4-6-18(7-5-11)14(19)13-12(15)10(3)16-17-13/h9,11H,4-8H2,1-3H3,(H,16,17). The smallest absolute Gasteiger partial charge is 0.275 e. The van der Waals surface area contributed by atoms with Crippen LogP contribution in [0.5, 0.6) is 0 Å². The van der Waals surface area contributed by atoms with Gasteiger partial charge in [0.2, 0.25) is 0 Å². The van der Waals surface area contributed by atoms with Crippen LogP contribution in [0.2, 0.25) is 0 Å². The maximum atomic E-state index is 12.4. The molecule has 2 heterocycles. The Labute approximate surface area is 128 Å². The van der Waals surface area contributed by atoms with Crippen molar-refractivity contribution in [1.29, 1.82) is 0 Å². The van der Waals surface area contributed by atoms with E-state index >= 15 is 0 Å². The molecule has 0 spiro atoms. The normalized spacial score (nSPS) is 16.9. The summed E-state index contributed by atoms with van der Waals surface area (Å²) in [4.78, 5) is 14.2. The van der Waals surface area contributed by atoms with Gasteiger partial charge in [-0.3, -0.25) is 9.89 Å². The molecule has 2 rings (SSSR count). The number of carbonyl (C=O) groups excluding carboxylic acids is 1. The van der Waals surface area contributed by atoms with Crippen LogP contribution in [-0.2, 0) is 4.74 Å². The fourth-order valence-electron chi connectivity index (χ4n) is 2.26. The quantitative estimate of drug-likeness (QED) is 0.914. The van der Waals surface area contributed by atoms with Crippen molar-refractivity contribution >= 4 is 21.8 Å². The summed E-state index contributed by atoms with van der Waals surface area (Å²) in [7, 11) is 0. The van der Waals surface area contributed by atoms with E-state index < -0.39 is 0 Å². The topological polar surface area (TPSA) is 58.2 Å². The van der Waals surface area contributed by atoms with Gasteiger partial charge in [-0.1, -0.05) is 13.8 Å². The third-order valence-electron chi connectivity index (χ3n) is 3.47. The van der Waals surface area contributed by atoms with E-state index in [0.29, 0.717) is 11.6 Å². The zero-order valence-corrected chi connectivity index (χ0v) is 13.9. The number of hydrogen-bond donors (Lipinski definition) is 1. The van der Waals surface area contributed by atoms with Gasteiger partial charge >= 0.3 is 0 Å². The van der Waals surface area contributed by atoms with Crippen molar-refractivity contribution < 1.29 is 9.53 Å². The Hall–Kier alpha value is -0.880. The fraction of sp³-hybridized carbons (Fsp3) is 0.714. The SMILES string of the molecule is Cc1[nH]nc(C(=O)N2CCC(OCC(C)C)CC2)c1Br. The lowest BCUT2D eigenvalue weighted by atomic mass is 10.1. The molecule has 0 aliphatic carbocycles. The molecule has 1 aliphatic rings. The number of ether oxygens (including phenoxy) is 1. The highest BCUT2D eigenvalue weighted by Gasteiger charge is 2.27. The first-order valence-electron chi connectivity index (χ1n) is 7.10. The number of carbonyl (C=O) groups is 1. The van der Waals surface area contributed by atoms with E-state index in [-0.39, 0.29) is 12.0 Å². The van der Waals surface area contributed by atoms with Gasteiger partial charge in [-0.2, -0.15) is 5.10 Å². The van der Waals surface area contributed by atoms with E-state index in [4.69, 9.17) is 4.74 Å². The molecule has 112 valence electrons. The molecule has 1 aromatic heterocycles. The Morgan fingerprint density at radius 1 is 1.50 bits per heavy atom. The van der Waals surface area contributed by atoms with Gasteiger partial charge in [-0.15, -0.1) is 0 Å². The van der Waals surface area contributed by atoms with E-state index in [1.807, 2.05) is 11.8 Å². The summed E-state index contributed by atoms with van der Waals surface area (Å²) in [5.74, 6) is 0.543. The summed E-state index contributed by atoms with van der Waals surface area (Å²) in [5, 5.41) is 6.90. The number of piperidine rings is 1. The maximum absolute atomic E-state index is 12.4. The first kappa shape index (κ1) is 15.5. The van der Waals surface area contributed by atoms with E-state index in [9.17, 15) is 4.79 Å². The van der Waals surface area contributed by atoms with Crippen LogP contribution in [0.1, 0.15) is 42.9 Å². The van der Waals surface area contributed by atoms with Crippen LogP contribution in [0, 0.1) is 12.8 Å². The second kappa shape index (κ2) is 6.72. The van der Waals surface area contributed by atoms with Crippen molar-refractivity contribution in [1.82, 2.24) is 15.1 Å². The molecule has 0 radical (unpaired) electrons. The first-order chi connectivity index (χ1) is 9.49. The first-order valence-corrected chi connectivity index (χ1v) is 7.89. The number of aromatic nitrogens is 2. The van der Waals surface area contributed by atoms with Crippen LogP contribution < -0.4 is 0 Å². The largest absolute Gasteiger partial charge is 0.378 e. The molecule has 0 saturated carbocycles. The Bertz CT molecular complexity index is 465. The van der Waals surface area contributed by atoms with Crippen LogP contribution in [0.25, 0.3) is 0 Å². The average molecular weight is 344 g/mol. The molecule has 5 nitrogen and oxygen atoms in total. The van der Waals surface area contributed by atoms with Gasteiger partial charge in [0, 0.05) is 25.4 Å². The van der Waals surface area contributed by atoms with Gasteiger partial charge in [-0.25, -0.2) is 0 Å². The van der Waals surface area contributed by atoms with Crippen LogP contribution in [0.4, 0.5) is 0 Å². The van der Waals surface area contributed by atoms with Gasteiger partial charge in [-0.05, 0) is 41.6 Å². The number of rotatable bonds is 4. The number of halogens is 1. The summed E-state index contributed by atoms with van der Waals surface area (Å²) in [6, 6.07) is 0. The number of nitrogens with one attached hydrogen (secondary N) is 1. The molecule has 0 unspecified atom stereocenters. The predicted molar refractivity (Wildman–Crippen MR) is 80.7 cm³/mol. The minimum atomic E-state index is -0.0106. The molecule has 0 atom stereocenters. The third kappa shape index (κ3) is 3.61. The maximum Gasteiger partial charge on any atom is 0.275 e. The zero-order chi connectivity index (χ0) is 14.7. The molecule has 20 heavy (non-hydrogen) atoms. The van der Waals surface area contributed by atoms with E-state index in [1.54, 1.807) is 0 Å². The minimum Gasteiger partial charge on any atom is -0.378 e. The third-order valence-corrected chi connectivity index (χ3v) is 4.44. The highest BCUT2D eigenvalue weighted by molar-refractivity contribution is 9.10. The van der Waals surface area contributed by atoms with Gasteiger partial charge < -0.3 is 9.64 Å². The molecular formula is C14H22BrN3O2. The van der Waals surface area contributed by atoms with Crippen molar-refractivity contribution in [2.45, 2.75) is 39.7 Å². The number of aromatic amines is 1. The lowest BCUT2D eigenvalue weighted by molar-refractivity contribution is -0.00244. The Morgan fingerprint density at radius 2 is 2.15 bits per heavy atom. The highest BCUT2D eigenvalue weighted by Crippen LogP contribution is 2.22. The number of likely N-dealkylation sites (tertiary alicyclic amines) is 1. The molecule has 0 bridgehead atoms. The van der Waals surface area contributed by atoms with Gasteiger partial charge in [0.05, 0.1) is 10.6 Å². The van der Waals surface area contributed by atoms with Crippen LogP contribution in [-0.4, -0.2) is 46.8 Å². The second-order valence-electron chi connectivity index (χ2n) is 5.73.